The van der Waals surface area contributed by atoms with Crippen LogP contribution < -0.4 is 5.32 Å². The summed E-state index contributed by atoms with van der Waals surface area (Å²) in [4.78, 5) is 9.97. The lowest BCUT2D eigenvalue weighted by molar-refractivity contribution is 0.631. The minimum Gasteiger partial charge on any atom is -0.312 e. The molecule has 2 aromatic heterocycles. The molecule has 18 heavy (non-hydrogen) atoms. The standard InChI is InChI=1S/C12H16N4S2/c1-4-11-15-12(18-16-11)17-9-5-6-10(14-7-9)8(2)13-3/h5-8,13H,4H2,1-3H3. The van der Waals surface area contributed by atoms with Gasteiger partial charge in [0.1, 0.15) is 5.82 Å². The molecular weight excluding hydrogens is 264 g/mol. The molecule has 0 aliphatic rings. The van der Waals surface area contributed by atoms with Crippen LogP contribution in [0, 0.1) is 0 Å². The molecule has 0 spiro atoms. The fraction of sp³-hybridized carbons (Fsp3) is 0.417. The summed E-state index contributed by atoms with van der Waals surface area (Å²) in [7, 11) is 1.93. The molecule has 0 saturated carbocycles. The van der Waals surface area contributed by atoms with Gasteiger partial charge in [-0.15, -0.1) is 0 Å². The van der Waals surface area contributed by atoms with Gasteiger partial charge in [-0.05, 0) is 37.6 Å². The van der Waals surface area contributed by atoms with Gasteiger partial charge in [0.2, 0.25) is 0 Å². The Morgan fingerprint density at radius 2 is 2.28 bits per heavy atom. The molecule has 0 aromatic carbocycles. The molecule has 2 rings (SSSR count). The molecule has 1 atom stereocenters. The fourth-order valence-corrected chi connectivity index (χ4v) is 3.02. The van der Waals surface area contributed by atoms with E-state index < -0.39 is 0 Å². The number of nitrogens with zero attached hydrogens (tertiary/aromatic N) is 3. The maximum atomic E-state index is 4.45. The van der Waals surface area contributed by atoms with Crippen molar-refractivity contribution in [1.29, 1.82) is 0 Å². The Bertz CT molecular complexity index is 495. The van der Waals surface area contributed by atoms with E-state index in [2.05, 4.69) is 39.6 Å². The zero-order chi connectivity index (χ0) is 13.0. The molecule has 96 valence electrons. The zero-order valence-corrected chi connectivity index (χ0v) is 12.3. The molecule has 0 aliphatic carbocycles. The van der Waals surface area contributed by atoms with Gasteiger partial charge in [-0.2, -0.15) is 4.37 Å². The molecule has 6 heteroatoms. The summed E-state index contributed by atoms with van der Waals surface area (Å²) < 4.78 is 5.24. The number of pyridine rings is 1. The maximum Gasteiger partial charge on any atom is 0.174 e. The number of hydrogen-bond acceptors (Lipinski definition) is 6. The highest BCUT2D eigenvalue weighted by atomic mass is 32.2. The van der Waals surface area contributed by atoms with E-state index in [1.165, 1.54) is 11.5 Å². The molecule has 0 bridgehead atoms. The largest absolute Gasteiger partial charge is 0.312 e. The number of aryl methyl sites for hydroxylation is 1. The number of aromatic nitrogens is 3. The first-order chi connectivity index (χ1) is 8.72. The average Bonchev–Trinajstić information content (AvgIpc) is 2.86. The van der Waals surface area contributed by atoms with Crippen molar-refractivity contribution in [3.05, 3.63) is 29.8 Å². The van der Waals surface area contributed by atoms with Crippen molar-refractivity contribution >= 4 is 23.3 Å². The van der Waals surface area contributed by atoms with Crippen molar-refractivity contribution < 1.29 is 0 Å². The Kier molecular flexibility index (Phi) is 4.68. The van der Waals surface area contributed by atoms with Crippen LogP contribution >= 0.6 is 23.3 Å². The molecule has 2 heterocycles. The van der Waals surface area contributed by atoms with Gasteiger partial charge in [0.05, 0.1) is 5.69 Å². The van der Waals surface area contributed by atoms with Gasteiger partial charge in [0.15, 0.2) is 4.34 Å². The van der Waals surface area contributed by atoms with Crippen molar-refractivity contribution in [3.8, 4) is 0 Å². The fourth-order valence-electron chi connectivity index (χ4n) is 1.38. The van der Waals surface area contributed by atoms with Crippen LogP contribution in [0.25, 0.3) is 0 Å². The molecule has 2 aromatic rings. The van der Waals surface area contributed by atoms with Crippen LogP contribution in [-0.2, 0) is 6.42 Å². The van der Waals surface area contributed by atoms with E-state index in [9.17, 15) is 0 Å². The lowest BCUT2D eigenvalue weighted by Crippen LogP contribution is -2.13. The quantitative estimate of drug-likeness (QED) is 0.912. The summed E-state index contributed by atoms with van der Waals surface area (Å²) in [6, 6.07) is 4.40. The number of rotatable bonds is 5. The first-order valence-corrected chi connectivity index (χ1v) is 7.45. The maximum absolute atomic E-state index is 4.45. The Hall–Kier alpha value is -0.980. The molecule has 1 unspecified atom stereocenters. The Morgan fingerprint density at radius 1 is 1.44 bits per heavy atom. The Morgan fingerprint density at radius 3 is 2.83 bits per heavy atom. The van der Waals surface area contributed by atoms with Crippen LogP contribution in [0.15, 0.2) is 27.6 Å². The second kappa shape index (κ2) is 6.26. The van der Waals surface area contributed by atoms with Gasteiger partial charge in [-0.25, -0.2) is 4.98 Å². The number of nitrogens with one attached hydrogen (secondary N) is 1. The van der Waals surface area contributed by atoms with Crippen molar-refractivity contribution in [2.24, 2.45) is 0 Å². The summed E-state index contributed by atoms with van der Waals surface area (Å²) in [5, 5.41) is 3.17. The van der Waals surface area contributed by atoms with Gasteiger partial charge in [0, 0.05) is 23.6 Å². The molecule has 0 fully saturated rings. The second-order valence-corrected chi connectivity index (χ2v) is 5.93. The Labute approximate surface area is 115 Å². The topological polar surface area (TPSA) is 50.7 Å². The smallest absolute Gasteiger partial charge is 0.174 e. The van der Waals surface area contributed by atoms with Crippen molar-refractivity contribution in [2.75, 3.05) is 7.05 Å². The van der Waals surface area contributed by atoms with Crippen LogP contribution in [0.5, 0.6) is 0 Å². The van der Waals surface area contributed by atoms with Crippen LogP contribution in [0.2, 0.25) is 0 Å². The predicted molar refractivity (Wildman–Crippen MR) is 75.1 cm³/mol. The minimum absolute atomic E-state index is 0.275. The second-order valence-electron chi connectivity index (χ2n) is 3.86. The van der Waals surface area contributed by atoms with Gasteiger partial charge in [-0.1, -0.05) is 18.7 Å². The zero-order valence-electron chi connectivity index (χ0n) is 10.7. The molecule has 4 nitrogen and oxygen atoms in total. The highest BCUT2D eigenvalue weighted by Gasteiger charge is 2.07. The summed E-state index contributed by atoms with van der Waals surface area (Å²) in [6.45, 7) is 4.15. The van der Waals surface area contributed by atoms with Gasteiger partial charge >= 0.3 is 0 Å². The summed E-state index contributed by atoms with van der Waals surface area (Å²) in [6.07, 6.45) is 2.77. The van der Waals surface area contributed by atoms with Crippen LogP contribution in [0.4, 0.5) is 0 Å². The third kappa shape index (κ3) is 3.28. The molecule has 0 amide bonds. The SMILES string of the molecule is CCc1nsc(Sc2ccc(C(C)NC)nc2)n1. The van der Waals surface area contributed by atoms with E-state index in [1.807, 2.05) is 19.3 Å². The van der Waals surface area contributed by atoms with Crippen molar-refractivity contribution in [1.82, 2.24) is 19.7 Å². The van der Waals surface area contributed by atoms with E-state index in [-0.39, 0.29) is 6.04 Å². The summed E-state index contributed by atoms with van der Waals surface area (Å²) >= 11 is 3.06. The molecule has 0 saturated heterocycles. The van der Waals surface area contributed by atoms with Crippen molar-refractivity contribution in [2.45, 2.75) is 35.5 Å². The third-order valence-corrected chi connectivity index (χ3v) is 4.37. The highest BCUT2D eigenvalue weighted by molar-refractivity contribution is 8.01. The van der Waals surface area contributed by atoms with E-state index in [0.717, 1.165) is 27.2 Å². The van der Waals surface area contributed by atoms with Crippen LogP contribution in [-0.4, -0.2) is 21.4 Å². The lowest BCUT2D eigenvalue weighted by atomic mass is 10.2. The first-order valence-electron chi connectivity index (χ1n) is 5.86. The van der Waals surface area contributed by atoms with E-state index in [4.69, 9.17) is 0 Å². The molecule has 0 radical (unpaired) electrons. The highest BCUT2D eigenvalue weighted by Crippen LogP contribution is 2.28. The first kappa shape index (κ1) is 13.5. The molecule has 0 aliphatic heterocycles. The third-order valence-electron chi connectivity index (χ3n) is 2.61. The van der Waals surface area contributed by atoms with Crippen LogP contribution in [0.1, 0.15) is 31.4 Å². The lowest BCUT2D eigenvalue weighted by Gasteiger charge is -2.09. The summed E-state index contributed by atoms with van der Waals surface area (Å²) in [5.74, 6) is 0.913. The van der Waals surface area contributed by atoms with Crippen LogP contribution in [0.3, 0.4) is 0 Å². The van der Waals surface area contributed by atoms with Gasteiger partial charge < -0.3 is 5.32 Å². The normalized spacial score (nSPS) is 12.6. The molecular formula is C12H16N4S2. The van der Waals surface area contributed by atoms with Crippen molar-refractivity contribution in [3.63, 3.8) is 0 Å². The van der Waals surface area contributed by atoms with E-state index in [0.29, 0.717) is 0 Å². The van der Waals surface area contributed by atoms with Gasteiger partial charge in [-0.3, -0.25) is 4.98 Å². The van der Waals surface area contributed by atoms with E-state index in [1.54, 1.807) is 11.8 Å². The van der Waals surface area contributed by atoms with Gasteiger partial charge in [0.25, 0.3) is 0 Å². The summed E-state index contributed by atoms with van der Waals surface area (Å²) in [5.41, 5.74) is 1.05. The minimum atomic E-state index is 0.275. The number of hydrogen-bond donors (Lipinski definition) is 1. The predicted octanol–water partition coefficient (Wildman–Crippen LogP) is 2.93. The monoisotopic (exact) mass is 280 g/mol. The van der Waals surface area contributed by atoms with E-state index >= 15 is 0 Å². The Balaban J connectivity index is 2.06. The molecule has 1 N–H and O–H groups in total. The average molecular weight is 280 g/mol.